The van der Waals surface area contributed by atoms with Gasteiger partial charge in [0.05, 0.1) is 22.0 Å². The lowest BCUT2D eigenvalue weighted by atomic mass is 10.2. The lowest BCUT2D eigenvalue weighted by Crippen LogP contribution is -2.20. The molecule has 0 aliphatic heterocycles. The number of halogens is 2. The van der Waals surface area contributed by atoms with Gasteiger partial charge in [0.25, 0.3) is 0 Å². The third-order valence-corrected chi connectivity index (χ3v) is 3.84. The number of carboxylic acid groups (broad SMARTS) is 1. The zero-order chi connectivity index (χ0) is 15.4. The largest absolute Gasteiger partial charge is 0.478 e. The summed E-state index contributed by atoms with van der Waals surface area (Å²) in [7, 11) is 0. The van der Waals surface area contributed by atoms with E-state index in [-0.39, 0.29) is 10.6 Å². The number of amides is 2. The molecule has 2 rings (SSSR count). The average Bonchev–Trinajstić information content (AvgIpc) is 2.43. The first-order chi connectivity index (χ1) is 9.97. The number of urea groups is 1. The van der Waals surface area contributed by atoms with E-state index in [0.717, 1.165) is 3.57 Å². The molecule has 0 saturated carbocycles. The second-order valence-electron chi connectivity index (χ2n) is 4.06. The predicted octanol–water partition coefficient (Wildman–Crippen LogP) is 4.29. The molecule has 0 radical (unpaired) electrons. The minimum absolute atomic E-state index is 0.0589. The Hall–Kier alpha value is -1.80. The fourth-order valence-electron chi connectivity index (χ4n) is 1.59. The quantitative estimate of drug-likeness (QED) is 0.653. The second-order valence-corrected chi connectivity index (χ2v) is 5.63. The summed E-state index contributed by atoms with van der Waals surface area (Å²) in [6.07, 6.45) is 0. The van der Waals surface area contributed by atoms with Gasteiger partial charge in [0.2, 0.25) is 0 Å². The Morgan fingerprint density at radius 3 is 2.33 bits per heavy atom. The van der Waals surface area contributed by atoms with Crippen LogP contribution >= 0.6 is 34.2 Å². The fraction of sp³-hybridized carbons (Fsp3) is 0. The van der Waals surface area contributed by atoms with E-state index < -0.39 is 12.0 Å². The molecular formula is C14H10ClIN2O3. The Balaban J connectivity index is 2.10. The number of hydrogen-bond donors (Lipinski definition) is 3. The normalized spacial score (nSPS) is 10.0. The zero-order valence-electron chi connectivity index (χ0n) is 10.6. The summed E-state index contributed by atoms with van der Waals surface area (Å²) in [6, 6.07) is 11.0. The topological polar surface area (TPSA) is 78.4 Å². The third kappa shape index (κ3) is 4.08. The molecule has 0 heterocycles. The summed E-state index contributed by atoms with van der Waals surface area (Å²) in [5.41, 5.74) is 1.07. The highest BCUT2D eigenvalue weighted by Gasteiger charge is 2.10. The minimum atomic E-state index is -1.08. The van der Waals surface area contributed by atoms with Crippen molar-refractivity contribution in [2.75, 3.05) is 10.6 Å². The van der Waals surface area contributed by atoms with Gasteiger partial charge in [-0.3, -0.25) is 0 Å². The Morgan fingerprint density at radius 1 is 1.05 bits per heavy atom. The van der Waals surface area contributed by atoms with E-state index in [0.29, 0.717) is 11.4 Å². The number of aromatic carboxylic acids is 1. The van der Waals surface area contributed by atoms with Crippen LogP contribution in [-0.2, 0) is 0 Å². The molecule has 0 spiro atoms. The molecule has 5 nitrogen and oxygen atoms in total. The molecule has 0 aliphatic carbocycles. The van der Waals surface area contributed by atoms with Crippen LogP contribution in [0.1, 0.15) is 10.4 Å². The molecule has 7 heteroatoms. The molecule has 0 atom stereocenters. The predicted molar refractivity (Wildman–Crippen MR) is 90.2 cm³/mol. The SMILES string of the molecule is O=C(Nc1ccc(C(=O)O)cc1Cl)Nc1ccccc1I. The summed E-state index contributed by atoms with van der Waals surface area (Å²) in [6.45, 7) is 0. The standard InChI is InChI=1S/C14H10ClIN2O3/c15-9-7-8(13(19)20)5-6-11(9)17-14(21)18-12-4-2-1-3-10(12)16/h1-7H,(H,19,20)(H2,17,18,21). The molecule has 0 fully saturated rings. The van der Waals surface area contributed by atoms with Crippen LogP contribution in [0.5, 0.6) is 0 Å². The van der Waals surface area contributed by atoms with Gasteiger partial charge in [0, 0.05) is 3.57 Å². The van der Waals surface area contributed by atoms with Crippen molar-refractivity contribution in [1.29, 1.82) is 0 Å². The maximum Gasteiger partial charge on any atom is 0.335 e. The highest BCUT2D eigenvalue weighted by atomic mass is 127. The van der Waals surface area contributed by atoms with E-state index in [1.807, 2.05) is 18.2 Å². The van der Waals surface area contributed by atoms with Crippen molar-refractivity contribution in [3.05, 3.63) is 56.6 Å². The highest BCUT2D eigenvalue weighted by molar-refractivity contribution is 14.1. The lowest BCUT2D eigenvalue weighted by Gasteiger charge is -2.10. The monoisotopic (exact) mass is 416 g/mol. The van der Waals surface area contributed by atoms with Crippen molar-refractivity contribution in [1.82, 2.24) is 0 Å². The van der Waals surface area contributed by atoms with Crippen LogP contribution in [0.4, 0.5) is 16.2 Å². The summed E-state index contributed by atoms with van der Waals surface area (Å²) >= 11 is 8.05. The number of carbonyl (C=O) groups is 2. The Bertz CT molecular complexity index is 706. The van der Waals surface area contributed by atoms with E-state index in [4.69, 9.17) is 16.7 Å². The number of anilines is 2. The van der Waals surface area contributed by atoms with Crippen LogP contribution in [0, 0.1) is 3.57 Å². The first-order valence-electron chi connectivity index (χ1n) is 5.83. The van der Waals surface area contributed by atoms with E-state index in [1.165, 1.54) is 18.2 Å². The van der Waals surface area contributed by atoms with Crippen molar-refractivity contribution in [2.45, 2.75) is 0 Å². The van der Waals surface area contributed by atoms with E-state index >= 15 is 0 Å². The van der Waals surface area contributed by atoms with Gasteiger partial charge in [-0.25, -0.2) is 9.59 Å². The highest BCUT2D eigenvalue weighted by Crippen LogP contribution is 2.24. The smallest absolute Gasteiger partial charge is 0.335 e. The number of carbonyl (C=O) groups excluding carboxylic acids is 1. The molecule has 108 valence electrons. The Labute approximate surface area is 139 Å². The number of rotatable bonds is 3. The molecule has 0 unspecified atom stereocenters. The molecule has 2 amide bonds. The fourth-order valence-corrected chi connectivity index (χ4v) is 2.34. The summed E-state index contributed by atoms with van der Waals surface area (Å²) in [5.74, 6) is -1.08. The van der Waals surface area contributed by atoms with Gasteiger partial charge in [0.1, 0.15) is 0 Å². The van der Waals surface area contributed by atoms with Gasteiger partial charge < -0.3 is 15.7 Å². The van der Waals surface area contributed by atoms with Gasteiger partial charge in [-0.15, -0.1) is 0 Å². The molecule has 0 bridgehead atoms. The Morgan fingerprint density at radius 2 is 1.71 bits per heavy atom. The number of nitrogens with one attached hydrogen (secondary N) is 2. The van der Waals surface area contributed by atoms with Crippen LogP contribution in [0.25, 0.3) is 0 Å². The van der Waals surface area contributed by atoms with Crippen molar-refractivity contribution in [3.63, 3.8) is 0 Å². The molecule has 0 saturated heterocycles. The van der Waals surface area contributed by atoms with Crippen LogP contribution in [0.15, 0.2) is 42.5 Å². The van der Waals surface area contributed by atoms with Crippen molar-refractivity contribution < 1.29 is 14.7 Å². The first-order valence-corrected chi connectivity index (χ1v) is 7.28. The summed E-state index contributed by atoms with van der Waals surface area (Å²) < 4.78 is 0.901. The molecule has 0 aromatic heterocycles. The average molecular weight is 417 g/mol. The molecule has 3 N–H and O–H groups in total. The first kappa shape index (κ1) is 15.6. The van der Waals surface area contributed by atoms with Crippen LogP contribution in [-0.4, -0.2) is 17.1 Å². The van der Waals surface area contributed by atoms with E-state index in [2.05, 4.69) is 33.2 Å². The minimum Gasteiger partial charge on any atom is -0.478 e. The van der Waals surface area contributed by atoms with Crippen molar-refractivity contribution in [3.8, 4) is 0 Å². The molecular weight excluding hydrogens is 407 g/mol. The van der Waals surface area contributed by atoms with Crippen LogP contribution in [0.3, 0.4) is 0 Å². The number of hydrogen-bond acceptors (Lipinski definition) is 2. The number of benzene rings is 2. The molecule has 21 heavy (non-hydrogen) atoms. The Kier molecular flexibility index (Phi) is 5.03. The maximum absolute atomic E-state index is 11.9. The van der Waals surface area contributed by atoms with Gasteiger partial charge in [0.15, 0.2) is 0 Å². The van der Waals surface area contributed by atoms with E-state index in [1.54, 1.807) is 6.07 Å². The van der Waals surface area contributed by atoms with Crippen LogP contribution in [0.2, 0.25) is 5.02 Å². The van der Waals surface area contributed by atoms with E-state index in [9.17, 15) is 9.59 Å². The van der Waals surface area contributed by atoms with Crippen molar-refractivity contribution >= 4 is 57.6 Å². The van der Waals surface area contributed by atoms with Gasteiger partial charge in [-0.05, 0) is 52.9 Å². The second kappa shape index (κ2) is 6.77. The van der Waals surface area contributed by atoms with Gasteiger partial charge in [-0.2, -0.15) is 0 Å². The number of carboxylic acids is 1. The molecule has 2 aromatic carbocycles. The van der Waals surface area contributed by atoms with Crippen LogP contribution < -0.4 is 10.6 Å². The van der Waals surface area contributed by atoms with Crippen molar-refractivity contribution in [2.24, 2.45) is 0 Å². The summed E-state index contributed by atoms with van der Waals surface area (Å²) in [5, 5.41) is 14.3. The zero-order valence-corrected chi connectivity index (χ0v) is 13.5. The van der Waals surface area contributed by atoms with Gasteiger partial charge >= 0.3 is 12.0 Å². The summed E-state index contributed by atoms with van der Waals surface area (Å²) in [4.78, 5) is 22.7. The molecule has 0 aliphatic rings. The third-order valence-electron chi connectivity index (χ3n) is 2.59. The molecule has 2 aromatic rings. The van der Waals surface area contributed by atoms with Gasteiger partial charge in [-0.1, -0.05) is 23.7 Å². The lowest BCUT2D eigenvalue weighted by molar-refractivity contribution is 0.0697. The number of para-hydroxylation sites is 1. The maximum atomic E-state index is 11.9.